The van der Waals surface area contributed by atoms with Crippen molar-refractivity contribution in [2.75, 3.05) is 23.8 Å². The third kappa shape index (κ3) is 6.95. The molecule has 6 nitrogen and oxygen atoms in total. The van der Waals surface area contributed by atoms with Gasteiger partial charge >= 0.3 is 12.2 Å². The molecule has 2 aromatic rings. The van der Waals surface area contributed by atoms with Crippen molar-refractivity contribution < 1.29 is 19.1 Å². The summed E-state index contributed by atoms with van der Waals surface area (Å²) in [5.41, 5.74) is 3.69. The van der Waals surface area contributed by atoms with Crippen LogP contribution < -0.4 is 10.6 Å². The molecule has 0 atom stereocenters. The fraction of sp³-hybridized carbons (Fsp3) is 0.364. The van der Waals surface area contributed by atoms with Crippen molar-refractivity contribution in [3.8, 4) is 0 Å². The summed E-state index contributed by atoms with van der Waals surface area (Å²) in [5.74, 6) is 0.856. The lowest BCUT2D eigenvalue weighted by Gasteiger charge is -2.10. The Morgan fingerprint density at radius 2 is 1.00 bits per heavy atom. The van der Waals surface area contributed by atoms with Gasteiger partial charge in [0.2, 0.25) is 0 Å². The molecule has 2 aromatic carbocycles. The highest BCUT2D eigenvalue weighted by Gasteiger charge is 2.07. The van der Waals surface area contributed by atoms with Gasteiger partial charge in [0, 0.05) is 11.4 Å². The van der Waals surface area contributed by atoms with Crippen molar-refractivity contribution in [3.63, 3.8) is 0 Å². The van der Waals surface area contributed by atoms with E-state index in [9.17, 15) is 9.59 Å². The minimum absolute atomic E-state index is 0.0321. The molecule has 28 heavy (non-hydrogen) atoms. The topological polar surface area (TPSA) is 76.7 Å². The van der Waals surface area contributed by atoms with E-state index in [0.29, 0.717) is 23.2 Å². The first-order chi connectivity index (χ1) is 13.3. The zero-order valence-corrected chi connectivity index (χ0v) is 16.8. The Bertz CT molecular complexity index is 701. The summed E-state index contributed by atoms with van der Waals surface area (Å²) in [7, 11) is 0. The normalized spacial score (nSPS) is 10.6. The van der Waals surface area contributed by atoms with Gasteiger partial charge < -0.3 is 9.47 Å². The molecular formula is C22H28N2O4. The first kappa shape index (κ1) is 21.3. The molecule has 0 fully saturated rings. The Morgan fingerprint density at radius 1 is 0.679 bits per heavy atom. The Labute approximate surface area is 166 Å². The van der Waals surface area contributed by atoms with Crippen molar-refractivity contribution in [2.45, 2.75) is 39.5 Å². The van der Waals surface area contributed by atoms with Crippen LogP contribution in [0, 0.1) is 0 Å². The SMILES string of the molecule is CC(C)c1ccc(NC(=O)OCCOC(=O)Nc2ccc(C(C)C)cc2)cc1. The number of anilines is 2. The van der Waals surface area contributed by atoms with E-state index in [1.165, 1.54) is 11.1 Å². The van der Waals surface area contributed by atoms with E-state index in [4.69, 9.17) is 9.47 Å². The molecule has 0 aliphatic heterocycles. The number of carbonyl (C=O) groups is 2. The minimum Gasteiger partial charge on any atom is -0.446 e. The highest BCUT2D eigenvalue weighted by Crippen LogP contribution is 2.18. The van der Waals surface area contributed by atoms with Crippen molar-refractivity contribution in [2.24, 2.45) is 0 Å². The van der Waals surface area contributed by atoms with Crippen LogP contribution in [0.3, 0.4) is 0 Å². The van der Waals surface area contributed by atoms with E-state index in [1.807, 2.05) is 48.5 Å². The summed E-state index contributed by atoms with van der Waals surface area (Å²) in [6.45, 7) is 8.35. The van der Waals surface area contributed by atoms with Crippen molar-refractivity contribution in [3.05, 3.63) is 59.7 Å². The van der Waals surface area contributed by atoms with Crippen LogP contribution in [-0.2, 0) is 9.47 Å². The van der Waals surface area contributed by atoms with E-state index < -0.39 is 12.2 Å². The molecule has 0 aliphatic carbocycles. The molecule has 2 rings (SSSR count). The minimum atomic E-state index is -0.592. The Hall–Kier alpha value is -3.02. The monoisotopic (exact) mass is 384 g/mol. The fourth-order valence-corrected chi connectivity index (χ4v) is 2.48. The number of hydrogen-bond donors (Lipinski definition) is 2. The molecule has 2 amide bonds. The van der Waals surface area contributed by atoms with Gasteiger partial charge in [-0.3, -0.25) is 10.6 Å². The standard InChI is InChI=1S/C22H28N2O4/c1-15(2)17-5-9-19(10-6-17)23-21(25)27-13-14-28-22(26)24-20-11-7-18(8-12-20)16(3)4/h5-12,15-16H,13-14H2,1-4H3,(H,23,25)(H,24,26). The van der Waals surface area contributed by atoms with Gasteiger partial charge in [-0.05, 0) is 47.2 Å². The summed E-state index contributed by atoms with van der Waals surface area (Å²) in [4.78, 5) is 23.5. The summed E-state index contributed by atoms with van der Waals surface area (Å²) < 4.78 is 10.0. The molecule has 0 saturated heterocycles. The van der Waals surface area contributed by atoms with Gasteiger partial charge in [0.15, 0.2) is 0 Å². The van der Waals surface area contributed by atoms with Gasteiger partial charge in [-0.2, -0.15) is 0 Å². The van der Waals surface area contributed by atoms with Crippen LogP contribution in [0.15, 0.2) is 48.5 Å². The molecule has 0 aromatic heterocycles. The second-order valence-corrected chi connectivity index (χ2v) is 7.08. The number of carbonyl (C=O) groups excluding carboxylic acids is 2. The second kappa shape index (κ2) is 10.3. The first-order valence-electron chi connectivity index (χ1n) is 9.42. The van der Waals surface area contributed by atoms with Gasteiger partial charge in [0.05, 0.1) is 0 Å². The molecule has 6 heteroatoms. The smallest absolute Gasteiger partial charge is 0.411 e. The fourth-order valence-electron chi connectivity index (χ4n) is 2.48. The van der Waals surface area contributed by atoms with Gasteiger partial charge in [-0.25, -0.2) is 9.59 Å². The Kier molecular flexibility index (Phi) is 7.87. The second-order valence-electron chi connectivity index (χ2n) is 7.08. The number of nitrogens with one attached hydrogen (secondary N) is 2. The predicted molar refractivity (Wildman–Crippen MR) is 111 cm³/mol. The van der Waals surface area contributed by atoms with Crippen molar-refractivity contribution in [1.29, 1.82) is 0 Å². The molecule has 150 valence electrons. The summed E-state index contributed by atoms with van der Waals surface area (Å²) >= 11 is 0. The van der Waals surface area contributed by atoms with Crippen LogP contribution in [-0.4, -0.2) is 25.4 Å². The lowest BCUT2D eigenvalue weighted by atomic mass is 10.0. The van der Waals surface area contributed by atoms with Crippen molar-refractivity contribution >= 4 is 23.6 Å². The lowest BCUT2D eigenvalue weighted by molar-refractivity contribution is 0.110. The lowest BCUT2D eigenvalue weighted by Crippen LogP contribution is -2.20. The average molecular weight is 384 g/mol. The van der Waals surface area contributed by atoms with E-state index in [1.54, 1.807) is 0 Å². The van der Waals surface area contributed by atoms with E-state index in [-0.39, 0.29) is 13.2 Å². The molecule has 2 N–H and O–H groups in total. The van der Waals surface area contributed by atoms with Gasteiger partial charge in [0.25, 0.3) is 0 Å². The maximum absolute atomic E-state index is 11.8. The van der Waals surface area contributed by atoms with Crippen LogP contribution in [0.4, 0.5) is 21.0 Å². The number of amides is 2. The molecule has 0 heterocycles. The zero-order chi connectivity index (χ0) is 20.5. The highest BCUT2D eigenvalue weighted by atomic mass is 16.6. The van der Waals surface area contributed by atoms with Crippen LogP contribution in [0.1, 0.15) is 50.7 Å². The quantitative estimate of drug-likeness (QED) is 0.598. The number of ether oxygens (including phenoxy) is 2. The molecule has 0 radical (unpaired) electrons. The Balaban J connectivity index is 1.65. The molecule has 0 spiro atoms. The van der Waals surface area contributed by atoms with Gasteiger partial charge in [-0.15, -0.1) is 0 Å². The van der Waals surface area contributed by atoms with E-state index >= 15 is 0 Å². The van der Waals surface area contributed by atoms with Gasteiger partial charge in [0.1, 0.15) is 13.2 Å². The highest BCUT2D eigenvalue weighted by molar-refractivity contribution is 5.85. The third-order valence-electron chi connectivity index (χ3n) is 4.20. The van der Waals surface area contributed by atoms with E-state index in [0.717, 1.165) is 0 Å². The van der Waals surface area contributed by atoms with Crippen molar-refractivity contribution in [1.82, 2.24) is 0 Å². The maximum atomic E-state index is 11.8. The van der Waals surface area contributed by atoms with Crippen LogP contribution >= 0.6 is 0 Å². The summed E-state index contributed by atoms with van der Waals surface area (Å²) in [6, 6.07) is 15.1. The molecule has 0 aliphatic rings. The predicted octanol–water partition coefficient (Wildman–Crippen LogP) is 5.73. The summed E-state index contributed by atoms with van der Waals surface area (Å²) in [6.07, 6.45) is -1.18. The zero-order valence-electron chi connectivity index (χ0n) is 16.8. The average Bonchev–Trinajstić information content (AvgIpc) is 2.66. The number of benzene rings is 2. The molecular weight excluding hydrogens is 356 g/mol. The number of rotatable bonds is 7. The Morgan fingerprint density at radius 3 is 1.29 bits per heavy atom. The molecule has 0 saturated carbocycles. The van der Waals surface area contributed by atoms with Crippen LogP contribution in [0.2, 0.25) is 0 Å². The van der Waals surface area contributed by atoms with Crippen LogP contribution in [0.5, 0.6) is 0 Å². The first-order valence-corrected chi connectivity index (χ1v) is 9.42. The number of hydrogen-bond acceptors (Lipinski definition) is 4. The van der Waals surface area contributed by atoms with Crippen LogP contribution in [0.25, 0.3) is 0 Å². The van der Waals surface area contributed by atoms with E-state index in [2.05, 4.69) is 38.3 Å². The van der Waals surface area contributed by atoms with Gasteiger partial charge in [-0.1, -0.05) is 52.0 Å². The maximum Gasteiger partial charge on any atom is 0.411 e. The summed E-state index contributed by atoms with van der Waals surface area (Å²) in [5, 5.41) is 5.27. The largest absolute Gasteiger partial charge is 0.446 e. The molecule has 0 bridgehead atoms. The molecule has 0 unspecified atom stereocenters. The third-order valence-corrected chi connectivity index (χ3v) is 4.20.